The number of ether oxygens (including phenoxy) is 1. The molecule has 3 heteroatoms. The van der Waals surface area contributed by atoms with Gasteiger partial charge in [-0.15, -0.1) is 6.58 Å². The van der Waals surface area contributed by atoms with Crippen molar-refractivity contribution >= 4 is 6.09 Å². The summed E-state index contributed by atoms with van der Waals surface area (Å²) in [5, 5.41) is 0. The van der Waals surface area contributed by atoms with E-state index in [1.54, 1.807) is 4.90 Å². The number of benzene rings is 2. The molecule has 2 aliphatic rings. The smallest absolute Gasteiger partial charge is 0.410 e. The standard InChI is InChI=1S/C22H23NO2/c1-3-21(15-12-13-15)23(2)22(24)25-14-20-18-10-6-4-8-16(18)17-9-5-7-11-19(17)20/h3-11,15,20-21H,1,12-14H2,2H3. The van der Waals surface area contributed by atoms with Gasteiger partial charge in [-0.1, -0.05) is 54.6 Å². The molecular formula is C22H23NO2. The van der Waals surface area contributed by atoms with E-state index in [4.69, 9.17) is 4.74 Å². The quantitative estimate of drug-likeness (QED) is 0.733. The summed E-state index contributed by atoms with van der Waals surface area (Å²) in [5.41, 5.74) is 4.96. The van der Waals surface area contributed by atoms with Crippen LogP contribution in [0.25, 0.3) is 11.1 Å². The van der Waals surface area contributed by atoms with Crippen LogP contribution in [0.1, 0.15) is 29.9 Å². The molecule has 2 aliphatic carbocycles. The van der Waals surface area contributed by atoms with Gasteiger partial charge in [-0.05, 0) is 41.0 Å². The third-order valence-corrected chi connectivity index (χ3v) is 5.42. The highest BCUT2D eigenvalue weighted by Gasteiger charge is 2.35. The zero-order chi connectivity index (χ0) is 17.4. The van der Waals surface area contributed by atoms with Gasteiger partial charge in [0.25, 0.3) is 0 Å². The Morgan fingerprint density at radius 1 is 1.16 bits per heavy atom. The maximum absolute atomic E-state index is 12.5. The predicted molar refractivity (Wildman–Crippen MR) is 99.5 cm³/mol. The fourth-order valence-electron chi connectivity index (χ4n) is 3.92. The van der Waals surface area contributed by atoms with Gasteiger partial charge in [-0.3, -0.25) is 0 Å². The monoisotopic (exact) mass is 333 g/mol. The second-order valence-corrected chi connectivity index (χ2v) is 6.98. The molecule has 0 aliphatic heterocycles. The topological polar surface area (TPSA) is 29.5 Å². The van der Waals surface area contributed by atoms with Crippen LogP contribution in [0.2, 0.25) is 0 Å². The van der Waals surface area contributed by atoms with E-state index in [0.717, 1.165) is 12.8 Å². The van der Waals surface area contributed by atoms with Crippen LogP contribution in [-0.4, -0.2) is 30.7 Å². The zero-order valence-electron chi connectivity index (χ0n) is 14.5. The number of nitrogens with zero attached hydrogens (tertiary/aromatic N) is 1. The van der Waals surface area contributed by atoms with Gasteiger partial charge in [0.05, 0.1) is 6.04 Å². The molecule has 0 radical (unpaired) electrons. The summed E-state index contributed by atoms with van der Waals surface area (Å²) < 4.78 is 5.70. The van der Waals surface area contributed by atoms with Crippen molar-refractivity contribution in [2.75, 3.05) is 13.7 Å². The average molecular weight is 333 g/mol. The molecule has 0 aromatic heterocycles. The van der Waals surface area contributed by atoms with E-state index in [1.165, 1.54) is 22.3 Å². The normalized spacial score (nSPS) is 16.7. The highest BCUT2D eigenvalue weighted by molar-refractivity contribution is 5.79. The van der Waals surface area contributed by atoms with Crippen molar-refractivity contribution in [3.8, 4) is 11.1 Å². The molecule has 2 aromatic carbocycles. The Kier molecular flexibility index (Phi) is 4.08. The molecule has 1 amide bonds. The number of rotatable bonds is 5. The molecule has 1 fully saturated rings. The molecule has 0 spiro atoms. The van der Waals surface area contributed by atoms with Crippen LogP contribution in [0.4, 0.5) is 4.79 Å². The van der Waals surface area contributed by atoms with Crippen LogP contribution in [0.3, 0.4) is 0 Å². The van der Waals surface area contributed by atoms with E-state index in [-0.39, 0.29) is 18.1 Å². The molecule has 0 bridgehead atoms. The summed E-state index contributed by atoms with van der Waals surface area (Å²) in [5.74, 6) is 0.649. The molecule has 4 rings (SSSR count). The minimum Gasteiger partial charge on any atom is -0.448 e. The molecular weight excluding hydrogens is 310 g/mol. The van der Waals surface area contributed by atoms with Crippen LogP contribution in [0.5, 0.6) is 0 Å². The van der Waals surface area contributed by atoms with E-state index >= 15 is 0 Å². The minimum atomic E-state index is -0.265. The molecule has 1 unspecified atom stereocenters. The van der Waals surface area contributed by atoms with Gasteiger partial charge in [0.15, 0.2) is 0 Å². The third kappa shape index (κ3) is 2.84. The maximum atomic E-state index is 12.5. The summed E-state index contributed by atoms with van der Waals surface area (Å²) in [6.45, 7) is 4.24. The van der Waals surface area contributed by atoms with Crippen molar-refractivity contribution in [3.63, 3.8) is 0 Å². The first-order valence-electron chi connectivity index (χ1n) is 8.91. The van der Waals surface area contributed by atoms with Crippen LogP contribution < -0.4 is 0 Å². The lowest BCUT2D eigenvalue weighted by Crippen LogP contribution is -2.38. The Bertz CT molecular complexity index is 764. The molecule has 1 saturated carbocycles. The molecule has 25 heavy (non-hydrogen) atoms. The highest BCUT2D eigenvalue weighted by atomic mass is 16.6. The molecule has 0 N–H and O–H groups in total. The molecule has 2 aromatic rings. The lowest BCUT2D eigenvalue weighted by atomic mass is 9.98. The number of hydrogen-bond donors (Lipinski definition) is 0. The van der Waals surface area contributed by atoms with Crippen molar-refractivity contribution in [2.45, 2.75) is 24.8 Å². The Hall–Kier alpha value is -2.55. The molecule has 1 atom stereocenters. The summed E-state index contributed by atoms with van der Waals surface area (Å²) >= 11 is 0. The van der Waals surface area contributed by atoms with E-state index in [9.17, 15) is 4.79 Å². The van der Waals surface area contributed by atoms with Gasteiger partial charge >= 0.3 is 6.09 Å². The summed E-state index contributed by atoms with van der Waals surface area (Å²) in [7, 11) is 1.81. The zero-order valence-corrected chi connectivity index (χ0v) is 14.5. The Morgan fingerprint density at radius 2 is 1.72 bits per heavy atom. The van der Waals surface area contributed by atoms with Crippen molar-refractivity contribution < 1.29 is 9.53 Å². The second-order valence-electron chi connectivity index (χ2n) is 6.98. The summed E-state index contributed by atoms with van der Waals surface area (Å²) in [4.78, 5) is 14.2. The van der Waals surface area contributed by atoms with Crippen LogP contribution in [0, 0.1) is 5.92 Å². The van der Waals surface area contributed by atoms with Gasteiger partial charge in [0, 0.05) is 13.0 Å². The number of amides is 1. The Morgan fingerprint density at radius 3 is 2.24 bits per heavy atom. The predicted octanol–water partition coefficient (Wildman–Crippen LogP) is 4.83. The van der Waals surface area contributed by atoms with E-state index in [0.29, 0.717) is 12.5 Å². The molecule has 0 saturated heterocycles. The van der Waals surface area contributed by atoms with E-state index < -0.39 is 0 Å². The van der Waals surface area contributed by atoms with Gasteiger partial charge < -0.3 is 9.64 Å². The van der Waals surface area contributed by atoms with Crippen molar-refractivity contribution in [1.82, 2.24) is 4.90 Å². The van der Waals surface area contributed by atoms with Gasteiger partial charge in [0.2, 0.25) is 0 Å². The number of carbonyl (C=O) groups excluding carboxylic acids is 1. The van der Waals surface area contributed by atoms with Crippen LogP contribution in [-0.2, 0) is 4.74 Å². The van der Waals surface area contributed by atoms with Crippen molar-refractivity contribution in [2.24, 2.45) is 5.92 Å². The molecule has 0 heterocycles. The van der Waals surface area contributed by atoms with E-state index in [2.05, 4.69) is 43.0 Å². The lowest BCUT2D eigenvalue weighted by molar-refractivity contribution is 0.0978. The number of fused-ring (bicyclic) bond motifs is 3. The highest BCUT2D eigenvalue weighted by Crippen LogP contribution is 2.44. The first-order chi connectivity index (χ1) is 12.2. The van der Waals surface area contributed by atoms with E-state index in [1.807, 2.05) is 25.3 Å². The van der Waals surface area contributed by atoms with Crippen molar-refractivity contribution in [1.29, 1.82) is 0 Å². The summed E-state index contributed by atoms with van der Waals surface area (Å²) in [6.07, 6.45) is 3.92. The Labute approximate surface area is 148 Å². The molecule has 128 valence electrons. The first-order valence-corrected chi connectivity index (χ1v) is 8.91. The maximum Gasteiger partial charge on any atom is 0.410 e. The molecule has 3 nitrogen and oxygen atoms in total. The fourth-order valence-corrected chi connectivity index (χ4v) is 3.92. The second kappa shape index (κ2) is 6.40. The largest absolute Gasteiger partial charge is 0.448 e. The first kappa shape index (κ1) is 15.9. The number of carbonyl (C=O) groups is 1. The average Bonchev–Trinajstić information content (AvgIpc) is 3.43. The number of hydrogen-bond acceptors (Lipinski definition) is 2. The van der Waals surface area contributed by atoms with Gasteiger partial charge in [-0.2, -0.15) is 0 Å². The Balaban J connectivity index is 1.51. The minimum absolute atomic E-state index is 0.0793. The SMILES string of the molecule is C=CC(C1CC1)N(C)C(=O)OCC1c2ccccc2-c2ccccc21. The van der Waals surface area contributed by atoms with Crippen molar-refractivity contribution in [3.05, 3.63) is 72.3 Å². The summed E-state index contributed by atoms with van der Waals surface area (Å²) in [6, 6.07) is 16.8. The number of likely N-dealkylation sites (N-methyl/N-ethyl adjacent to an activating group) is 1. The third-order valence-electron chi connectivity index (χ3n) is 5.42. The van der Waals surface area contributed by atoms with Crippen LogP contribution >= 0.6 is 0 Å². The van der Waals surface area contributed by atoms with Gasteiger partial charge in [-0.25, -0.2) is 4.79 Å². The lowest BCUT2D eigenvalue weighted by Gasteiger charge is -2.25. The van der Waals surface area contributed by atoms with Crippen LogP contribution in [0.15, 0.2) is 61.2 Å². The fraction of sp³-hybridized carbons (Fsp3) is 0.318. The van der Waals surface area contributed by atoms with Gasteiger partial charge in [0.1, 0.15) is 6.61 Å².